The largest absolute Gasteiger partial charge is 0.401 e. The second kappa shape index (κ2) is 3.97. The summed E-state index contributed by atoms with van der Waals surface area (Å²) in [5, 5.41) is 0. The van der Waals surface area contributed by atoms with Gasteiger partial charge in [0.25, 0.3) is 0 Å². The maximum absolute atomic E-state index is 11.6. The molecule has 1 aromatic rings. The number of hydrogen-bond donors (Lipinski definition) is 0. The van der Waals surface area contributed by atoms with E-state index in [0.29, 0.717) is 0 Å². The van der Waals surface area contributed by atoms with Crippen LogP contribution < -0.4 is 4.18 Å². The van der Waals surface area contributed by atoms with Crippen LogP contribution in [0.4, 0.5) is 0 Å². The molecule has 0 amide bonds. The number of ketones is 2. The minimum atomic E-state index is -4.27. The van der Waals surface area contributed by atoms with Crippen LogP contribution in [0.1, 0.15) is 20.7 Å². The van der Waals surface area contributed by atoms with Crippen LogP contribution in [0.2, 0.25) is 0 Å². The summed E-state index contributed by atoms with van der Waals surface area (Å²) in [6.45, 7) is 0. The molecular formula is C10H5ClO5S. The molecular weight excluding hydrogens is 268 g/mol. The van der Waals surface area contributed by atoms with Crippen molar-refractivity contribution in [1.29, 1.82) is 0 Å². The van der Waals surface area contributed by atoms with E-state index in [2.05, 4.69) is 4.18 Å². The summed E-state index contributed by atoms with van der Waals surface area (Å²) < 4.78 is 26.1. The van der Waals surface area contributed by atoms with Gasteiger partial charge in [0, 0.05) is 5.56 Å². The smallest absolute Gasteiger partial charge is 0.370 e. The van der Waals surface area contributed by atoms with Gasteiger partial charge in [-0.05, 0) is 18.2 Å². The first-order chi connectivity index (χ1) is 7.88. The number of fused-ring (bicyclic) bond motifs is 1. The monoisotopic (exact) mass is 272 g/mol. The van der Waals surface area contributed by atoms with Gasteiger partial charge in [0.2, 0.25) is 0 Å². The fraction of sp³-hybridized carbons (Fsp3) is 0. The standard InChI is InChI=1S/C10H5ClO5S/c11-17(14,15)16-9-3-1-2-6-7(12)4-5-8(13)10(6)9/h1-5H. The SMILES string of the molecule is O=C1C=CC(=O)c2c(OS(=O)(=O)Cl)cccc21. The topological polar surface area (TPSA) is 77.5 Å². The molecule has 17 heavy (non-hydrogen) atoms. The van der Waals surface area contributed by atoms with Crippen LogP contribution in [0.25, 0.3) is 0 Å². The Hall–Kier alpha value is -1.66. The average molecular weight is 273 g/mol. The van der Waals surface area contributed by atoms with E-state index in [0.717, 1.165) is 12.2 Å². The van der Waals surface area contributed by atoms with Crippen LogP contribution >= 0.6 is 10.7 Å². The third-order valence-corrected chi connectivity index (χ3v) is 2.68. The summed E-state index contributed by atoms with van der Waals surface area (Å²) in [7, 11) is 0.663. The fourth-order valence-corrected chi connectivity index (χ4v) is 2.05. The van der Waals surface area contributed by atoms with Gasteiger partial charge in [-0.1, -0.05) is 12.1 Å². The van der Waals surface area contributed by atoms with Gasteiger partial charge in [0.1, 0.15) is 0 Å². The van der Waals surface area contributed by atoms with Crippen molar-refractivity contribution in [1.82, 2.24) is 0 Å². The lowest BCUT2D eigenvalue weighted by molar-refractivity contribution is 0.0992. The van der Waals surface area contributed by atoms with Gasteiger partial charge < -0.3 is 4.18 Å². The van der Waals surface area contributed by atoms with Gasteiger partial charge in [-0.15, -0.1) is 0 Å². The molecule has 0 atom stereocenters. The predicted molar refractivity (Wildman–Crippen MR) is 59.6 cm³/mol. The van der Waals surface area contributed by atoms with Crippen molar-refractivity contribution in [3.05, 3.63) is 41.5 Å². The number of carbonyl (C=O) groups is 2. The maximum atomic E-state index is 11.6. The molecule has 0 fully saturated rings. The normalized spacial score (nSPS) is 14.6. The molecule has 1 aliphatic carbocycles. The molecule has 0 unspecified atom stereocenters. The van der Waals surface area contributed by atoms with Crippen molar-refractivity contribution >= 4 is 31.6 Å². The quantitative estimate of drug-likeness (QED) is 0.762. The van der Waals surface area contributed by atoms with E-state index in [-0.39, 0.29) is 16.9 Å². The Labute approximate surface area is 101 Å². The minimum absolute atomic E-state index is 0.0929. The first-order valence-electron chi connectivity index (χ1n) is 4.42. The average Bonchev–Trinajstić information content (AvgIpc) is 2.21. The first kappa shape index (κ1) is 11.8. The first-order valence-corrected chi connectivity index (χ1v) is 6.66. The lowest BCUT2D eigenvalue weighted by atomic mass is 9.94. The van der Waals surface area contributed by atoms with Gasteiger partial charge in [-0.3, -0.25) is 9.59 Å². The predicted octanol–water partition coefficient (Wildman–Crippen LogP) is 1.48. The minimum Gasteiger partial charge on any atom is -0.370 e. The van der Waals surface area contributed by atoms with E-state index in [1.54, 1.807) is 0 Å². The summed E-state index contributed by atoms with van der Waals surface area (Å²) in [5.74, 6) is -1.15. The molecule has 0 radical (unpaired) electrons. The third kappa shape index (κ3) is 2.37. The molecule has 5 nitrogen and oxygen atoms in total. The molecule has 0 saturated carbocycles. The van der Waals surface area contributed by atoms with Crippen LogP contribution in [0.15, 0.2) is 30.4 Å². The zero-order valence-electron chi connectivity index (χ0n) is 8.21. The number of benzene rings is 1. The van der Waals surface area contributed by atoms with E-state index in [9.17, 15) is 18.0 Å². The Bertz CT molecular complexity index is 645. The van der Waals surface area contributed by atoms with Crippen LogP contribution in [-0.4, -0.2) is 20.0 Å². The molecule has 0 aliphatic heterocycles. The van der Waals surface area contributed by atoms with Crippen LogP contribution in [-0.2, 0) is 9.33 Å². The zero-order valence-corrected chi connectivity index (χ0v) is 9.79. The van der Waals surface area contributed by atoms with Crippen LogP contribution in [0, 0.1) is 0 Å². The summed E-state index contributed by atoms with van der Waals surface area (Å²) in [5.41, 5.74) is -0.000424. The van der Waals surface area contributed by atoms with E-state index in [1.807, 2.05) is 0 Å². The van der Waals surface area contributed by atoms with Gasteiger partial charge >= 0.3 is 9.33 Å². The van der Waals surface area contributed by atoms with Crippen LogP contribution in [0.3, 0.4) is 0 Å². The molecule has 0 aromatic heterocycles. The lowest BCUT2D eigenvalue weighted by Gasteiger charge is -2.12. The Morgan fingerprint density at radius 1 is 1.06 bits per heavy atom. The van der Waals surface area contributed by atoms with Gasteiger partial charge in [0.05, 0.1) is 16.2 Å². The molecule has 0 spiro atoms. The molecule has 0 heterocycles. The van der Waals surface area contributed by atoms with E-state index < -0.39 is 20.9 Å². The van der Waals surface area contributed by atoms with Crippen molar-refractivity contribution in [2.75, 3.05) is 0 Å². The highest BCUT2D eigenvalue weighted by atomic mass is 35.7. The summed E-state index contributed by atoms with van der Waals surface area (Å²) in [4.78, 5) is 23.1. The maximum Gasteiger partial charge on any atom is 0.401 e. The third-order valence-electron chi connectivity index (χ3n) is 2.11. The molecule has 0 bridgehead atoms. The fourth-order valence-electron chi connectivity index (χ4n) is 1.49. The van der Waals surface area contributed by atoms with Gasteiger partial charge in [-0.2, -0.15) is 8.42 Å². The highest BCUT2D eigenvalue weighted by Crippen LogP contribution is 2.28. The number of halogens is 1. The summed E-state index contributed by atoms with van der Waals surface area (Å²) in [6, 6.07) is 4.07. The van der Waals surface area contributed by atoms with Gasteiger partial charge in [-0.25, -0.2) is 0 Å². The number of carbonyl (C=O) groups excluding carboxylic acids is 2. The number of hydrogen-bond acceptors (Lipinski definition) is 5. The molecule has 2 rings (SSSR count). The van der Waals surface area contributed by atoms with Crippen molar-refractivity contribution < 1.29 is 22.2 Å². The van der Waals surface area contributed by atoms with E-state index in [1.165, 1.54) is 18.2 Å². The highest BCUT2D eigenvalue weighted by molar-refractivity contribution is 8.10. The van der Waals surface area contributed by atoms with Crippen molar-refractivity contribution in [2.24, 2.45) is 0 Å². The summed E-state index contributed by atoms with van der Waals surface area (Å²) in [6.07, 6.45) is 2.17. The Balaban J connectivity index is 2.62. The molecule has 1 aliphatic rings. The molecule has 88 valence electrons. The zero-order chi connectivity index (χ0) is 12.6. The number of allylic oxidation sites excluding steroid dienone is 2. The van der Waals surface area contributed by atoms with Crippen LogP contribution in [0.5, 0.6) is 5.75 Å². The Morgan fingerprint density at radius 2 is 1.71 bits per heavy atom. The molecule has 0 N–H and O–H groups in total. The lowest BCUT2D eigenvalue weighted by Crippen LogP contribution is -2.14. The summed E-state index contributed by atoms with van der Waals surface area (Å²) >= 11 is 0. The molecule has 7 heteroatoms. The number of rotatable bonds is 2. The highest BCUT2D eigenvalue weighted by Gasteiger charge is 2.25. The van der Waals surface area contributed by atoms with Crippen molar-refractivity contribution in [2.45, 2.75) is 0 Å². The molecule has 0 saturated heterocycles. The second-order valence-electron chi connectivity index (χ2n) is 3.22. The van der Waals surface area contributed by atoms with E-state index in [4.69, 9.17) is 10.7 Å². The molecule has 1 aromatic carbocycles. The van der Waals surface area contributed by atoms with E-state index >= 15 is 0 Å². The van der Waals surface area contributed by atoms with Crippen molar-refractivity contribution in [3.63, 3.8) is 0 Å². The Kier molecular flexibility index (Phi) is 2.76. The Morgan fingerprint density at radius 3 is 2.35 bits per heavy atom. The van der Waals surface area contributed by atoms with Gasteiger partial charge in [0.15, 0.2) is 17.3 Å². The second-order valence-corrected chi connectivity index (χ2v) is 5.30. The van der Waals surface area contributed by atoms with Crippen molar-refractivity contribution in [3.8, 4) is 5.75 Å².